The number of nitrogens with zero attached hydrogens (tertiary/aromatic N) is 2. The van der Waals surface area contributed by atoms with Crippen molar-refractivity contribution in [1.29, 1.82) is 0 Å². The van der Waals surface area contributed by atoms with E-state index in [2.05, 4.69) is 29.2 Å². The Hall–Kier alpha value is -1.55. The van der Waals surface area contributed by atoms with Gasteiger partial charge < -0.3 is 10.0 Å². The lowest BCUT2D eigenvalue weighted by atomic mass is 10.1. The van der Waals surface area contributed by atoms with Gasteiger partial charge >= 0.3 is 6.09 Å². The van der Waals surface area contributed by atoms with Crippen molar-refractivity contribution in [1.82, 2.24) is 9.80 Å². The normalized spacial score (nSPS) is 24.0. The number of hydrogen-bond donors (Lipinski definition) is 1. The molecule has 2 aliphatic rings. The van der Waals surface area contributed by atoms with Crippen molar-refractivity contribution in [2.24, 2.45) is 0 Å². The molecule has 1 fully saturated rings. The topological polar surface area (TPSA) is 43.8 Å². The van der Waals surface area contributed by atoms with E-state index in [9.17, 15) is 4.79 Å². The third-order valence-corrected chi connectivity index (χ3v) is 4.13. The van der Waals surface area contributed by atoms with Gasteiger partial charge in [-0.2, -0.15) is 0 Å². The monoisotopic (exact) mass is 246 g/mol. The molecule has 1 aliphatic heterocycles. The summed E-state index contributed by atoms with van der Waals surface area (Å²) in [5.74, 6) is 0. The lowest BCUT2D eigenvalue weighted by Gasteiger charge is -2.37. The average molecular weight is 246 g/mol. The molecule has 0 radical (unpaired) electrons. The Morgan fingerprint density at radius 1 is 1.17 bits per heavy atom. The highest BCUT2D eigenvalue weighted by Gasteiger charge is 2.30. The van der Waals surface area contributed by atoms with Gasteiger partial charge in [-0.25, -0.2) is 4.79 Å². The predicted octanol–water partition coefficient (Wildman–Crippen LogP) is 1.97. The second-order valence-corrected chi connectivity index (χ2v) is 5.06. The molecule has 1 unspecified atom stereocenters. The number of carboxylic acid groups (broad SMARTS) is 1. The minimum Gasteiger partial charge on any atom is -0.465 e. The zero-order valence-corrected chi connectivity index (χ0v) is 10.4. The summed E-state index contributed by atoms with van der Waals surface area (Å²) in [4.78, 5) is 14.8. The van der Waals surface area contributed by atoms with Crippen LogP contribution in [0.2, 0.25) is 0 Å². The van der Waals surface area contributed by atoms with Crippen LogP contribution in [-0.4, -0.2) is 47.2 Å². The van der Waals surface area contributed by atoms with Gasteiger partial charge in [0.25, 0.3) is 0 Å². The second kappa shape index (κ2) is 4.61. The Kier molecular flexibility index (Phi) is 2.96. The Labute approximate surface area is 107 Å². The highest BCUT2D eigenvalue weighted by atomic mass is 16.4. The van der Waals surface area contributed by atoms with Crippen molar-refractivity contribution in [3.63, 3.8) is 0 Å². The summed E-state index contributed by atoms with van der Waals surface area (Å²) in [6.45, 7) is 2.97. The third kappa shape index (κ3) is 1.97. The molecule has 1 atom stereocenters. The minimum absolute atomic E-state index is 0.497. The van der Waals surface area contributed by atoms with Crippen molar-refractivity contribution in [3.05, 3.63) is 35.4 Å². The molecule has 1 aromatic rings. The van der Waals surface area contributed by atoms with Crippen molar-refractivity contribution in [2.45, 2.75) is 18.9 Å². The molecule has 96 valence electrons. The van der Waals surface area contributed by atoms with Crippen LogP contribution in [0.25, 0.3) is 0 Å². The molecule has 3 rings (SSSR count). The maximum atomic E-state index is 10.9. The average Bonchev–Trinajstić information content (AvgIpc) is 2.82. The van der Waals surface area contributed by atoms with Crippen molar-refractivity contribution in [2.75, 3.05) is 26.2 Å². The number of aryl methyl sites for hydroxylation is 1. The maximum absolute atomic E-state index is 10.9. The molecular formula is C14H18N2O2. The SMILES string of the molecule is O=C(O)N1CCN(C2CCc3ccccc32)CC1. The number of benzene rings is 1. The molecule has 1 aliphatic carbocycles. The summed E-state index contributed by atoms with van der Waals surface area (Å²) in [7, 11) is 0. The van der Waals surface area contributed by atoms with Crippen LogP contribution in [-0.2, 0) is 6.42 Å². The number of fused-ring (bicyclic) bond motifs is 1. The summed E-state index contributed by atoms with van der Waals surface area (Å²) in [6.07, 6.45) is 1.54. The van der Waals surface area contributed by atoms with Crippen LogP contribution in [0.15, 0.2) is 24.3 Å². The van der Waals surface area contributed by atoms with E-state index in [1.807, 2.05) is 0 Å². The molecule has 1 aromatic carbocycles. The Morgan fingerprint density at radius 2 is 1.89 bits per heavy atom. The van der Waals surface area contributed by atoms with E-state index in [0.717, 1.165) is 19.5 Å². The third-order valence-electron chi connectivity index (χ3n) is 4.13. The molecule has 0 saturated carbocycles. The van der Waals surface area contributed by atoms with Crippen LogP contribution < -0.4 is 0 Å². The fourth-order valence-electron chi connectivity index (χ4n) is 3.14. The molecule has 18 heavy (non-hydrogen) atoms. The number of piperazine rings is 1. The largest absolute Gasteiger partial charge is 0.465 e. The lowest BCUT2D eigenvalue weighted by Crippen LogP contribution is -2.49. The Bertz CT molecular complexity index is 453. The fraction of sp³-hybridized carbons (Fsp3) is 0.500. The highest BCUT2D eigenvalue weighted by molar-refractivity contribution is 5.65. The van der Waals surface area contributed by atoms with Crippen LogP contribution in [0.1, 0.15) is 23.6 Å². The van der Waals surface area contributed by atoms with Gasteiger partial charge in [-0.05, 0) is 24.0 Å². The van der Waals surface area contributed by atoms with E-state index in [1.54, 1.807) is 0 Å². The minimum atomic E-state index is -0.790. The quantitative estimate of drug-likeness (QED) is 0.824. The number of carbonyl (C=O) groups is 1. The summed E-state index contributed by atoms with van der Waals surface area (Å²) >= 11 is 0. The molecule has 4 nitrogen and oxygen atoms in total. The predicted molar refractivity (Wildman–Crippen MR) is 68.7 cm³/mol. The maximum Gasteiger partial charge on any atom is 0.407 e. The first-order chi connectivity index (χ1) is 8.75. The molecule has 1 N–H and O–H groups in total. The molecule has 0 bridgehead atoms. The van der Waals surface area contributed by atoms with Crippen molar-refractivity contribution < 1.29 is 9.90 Å². The molecule has 0 aromatic heterocycles. The molecule has 1 heterocycles. The van der Waals surface area contributed by atoms with Gasteiger partial charge in [-0.3, -0.25) is 4.90 Å². The van der Waals surface area contributed by atoms with Crippen LogP contribution in [0.4, 0.5) is 4.79 Å². The lowest BCUT2D eigenvalue weighted by molar-refractivity contribution is 0.0849. The van der Waals surface area contributed by atoms with Crippen molar-refractivity contribution >= 4 is 6.09 Å². The zero-order valence-electron chi connectivity index (χ0n) is 10.4. The summed E-state index contributed by atoms with van der Waals surface area (Å²) in [6, 6.07) is 9.13. The summed E-state index contributed by atoms with van der Waals surface area (Å²) in [5, 5.41) is 8.96. The molecule has 4 heteroatoms. The van der Waals surface area contributed by atoms with Gasteiger partial charge in [0, 0.05) is 32.2 Å². The van der Waals surface area contributed by atoms with Gasteiger partial charge in [0.05, 0.1) is 0 Å². The van der Waals surface area contributed by atoms with Crippen molar-refractivity contribution in [3.8, 4) is 0 Å². The summed E-state index contributed by atoms with van der Waals surface area (Å²) < 4.78 is 0. The Morgan fingerprint density at radius 3 is 2.61 bits per heavy atom. The van der Waals surface area contributed by atoms with Crippen LogP contribution in [0.5, 0.6) is 0 Å². The number of amides is 1. The summed E-state index contributed by atoms with van der Waals surface area (Å²) in [5.41, 5.74) is 2.91. The molecule has 0 spiro atoms. The van der Waals surface area contributed by atoms with E-state index in [4.69, 9.17) is 5.11 Å². The highest BCUT2D eigenvalue weighted by Crippen LogP contribution is 2.35. The van der Waals surface area contributed by atoms with Gasteiger partial charge in [0.2, 0.25) is 0 Å². The molecular weight excluding hydrogens is 228 g/mol. The van der Waals surface area contributed by atoms with E-state index < -0.39 is 6.09 Å². The Balaban J connectivity index is 1.70. The standard InChI is InChI=1S/C14H18N2O2/c17-14(18)16-9-7-15(8-10-16)13-6-5-11-3-1-2-4-12(11)13/h1-4,13H,5-10H2,(H,17,18). The number of hydrogen-bond acceptors (Lipinski definition) is 2. The smallest absolute Gasteiger partial charge is 0.407 e. The van der Waals surface area contributed by atoms with Gasteiger partial charge in [0.1, 0.15) is 0 Å². The fourth-order valence-corrected chi connectivity index (χ4v) is 3.14. The van der Waals surface area contributed by atoms with E-state index in [0.29, 0.717) is 19.1 Å². The van der Waals surface area contributed by atoms with Crippen LogP contribution in [0, 0.1) is 0 Å². The first-order valence-corrected chi connectivity index (χ1v) is 6.55. The first-order valence-electron chi connectivity index (χ1n) is 6.55. The molecule has 1 saturated heterocycles. The second-order valence-electron chi connectivity index (χ2n) is 5.06. The van der Waals surface area contributed by atoms with E-state index >= 15 is 0 Å². The zero-order chi connectivity index (χ0) is 12.5. The molecule has 1 amide bonds. The first kappa shape index (κ1) is 11.5. The van der Waals surface area contributed by atoms with E-state index in [-0.39, 0.29) is 0 Å². The van der Waals surface area contributed by atoms with Gasteiger partial charge in [0.15, 0.2) is 0 Å². The van der Waals surface area contributed by atoms with E-state index in [1.165, 1.54) is 22.4 Å². The van der Waals surface area contributed by atoms with Crippen LogP contribution in [0.3, 0.4) is 0 Å². The van der Waals surface area contributed by atoms with Gasteiger partial charge in [-0.15, -0.1) is 0 Å². The van der Waals surface area contributed by atoms with Gasteiger partial charge in [-0.1, -0.05) is 24.3 Å². The number of rotatable bonds is 1. The van der Waals surface area contributed by atoms with Crippen LogP contribution >= 0.6 is 0 Å².